The molecular formula is C14H21NO2S. The lowest BCUT2D eigenvalue weighted by molar-refractivity contribution is -0.108. The molecule has 0 aliphatic heterocycles. The Morgan fingerprint density at radius 3 is 2.22 bits per heavy atom. The van der Waals surface area contributed by atoms with Crippen molar-refractivity contribution in [2.24, 2.45) is 0 Å². The van der Waals surface area contributed by atoms with Gasteiger partial charge in [0.25, 0.3) is 0 Å². The minimum atomic E-state index is -1.22. The van der Waals surface area contributed by atoms with Crippen LogP contribution in [0.15, 0.2) is 30.3 Å². The van der Waals surface area contributed by atoms with Gasteiger partial charge in [-0.15, -0.1) is 4.72 Å². The van der Waals surface area contributed by atoms with Gasteiger partial charge in [0.05, 0.1) is 5.54 Å². The fourth-order valence-corrected chi connectivity index (χ4v) is 2.47. The second-order valence-corrected chi connectivity index (χ2v) is 7.52. The van der Waals surface area contributed by atoms with Crippen LogP contribution in [0, 0.1) is 0 Å². The molecule has 100 valence electrons. The zero-order chi connectivity index (χ0) is 13.8. The van der Waals surface area contributed by atoms with Crippen molar-refractivity contribution in [2.75, 3.05) is 0 Å². The highest BCUT2D eigenvalue weighted by Crippen LogP contribution is 2.27. The minimum Gasteiger partial charge on any atom is -0.598 e. The summed E-state index contributed by atoms with van der Waals surface area (Å²) in [5.74, 6) is 0. The van der Waals surface area contributed by atoms with E-state index < -0.39 is 16.9 Å². The van der Waals surface area contributed by atoms with Crippen molar-refractivity contribution in [1.82, 2.24) is 4.72 Å². The molecule has 0 saturated heterocycles. The zero-order valence-corrected chi connectivity index (χ0v) is 12.2. The van der Waals surface area contributed by atoms with Crippen LogP contribution in [-0.4, -0.2) is 15.6 Å². The van der Waals surface area contributed by atoms with Gasteiger partial charge in [-0.2, -0.15) is 0 Å². The molecule has 0 saturated carbocycles. The molecule has 0 radical (unpaired) electrons. The van der Waals surface area contributed by atoms with Gasteiger partial charge in [0.2, 0.25) is 0 Å². The fraction of sp³-hybridized carbons (Fsp3) is 0.500. The third-order valence-corrected chi connectivity index (χ3v) is 4.52. The number of benzene rings is 1. The quantitative estimate of drug-likeness (QED) is 0.659. The van der Waals surface area contributed by atoms with Crippen molar-refractivity contribution in [3.05, 3.63) is 35.9 Å². The van der Waals surface area contributed by atoms with Gasteiger partial charge in [-0.1, -0.05) is 30.3 Å². The van der Waals surface area contributed by atoms with Crippen LogP contribution in [0.3, 0.4) is 0 Å². The molecule has 1 rings (SSSR count). The molecule has 18 heavy (non-hydrogen) atoms. The van der Waals surface area contributed by atoms with Crippen molar-refractivity contribution >= 4 is 17.6 Å². The molecule has 0 heterocycles. The average Bonchev–Trinajstić information content (AvgIpc) is 2.29. The Labute approximate surface area is 112 Å². The summed E-state index contributed by atoms with van der Waals surface area (Å²) in [4.78, 5) is 10.9. The molecule has 0 aliphatic carbocycles. The number of carbonyl (C=O) groups is 1. The number of carbonyl (C=O) groups excluding carboxylic acids is 1. The van der Waals surface area contributed by atoms with Crippen LogP contribution in [0.25, 0.3) is 0 Å². The van der Waals surface area contributed by atoms with E-state index in [0.717, 1.165) is 11.8 Å². The molecule has 1 N–H and O–H groups in total. The molecule has 0 aromatic heterocycles. The summed E-state index contributed by atoms with van der Waals surface area (Å²) in [6, 6.07) is 9.64. The molecule has 0 bridgehead atoms. The Hall–Kier alpha value is -0.840. The minimum absolute atomic E-state index is 0.291. The van der Waals surface area contributed by atoms with Crippen LogP contribution < -0.4 is 4.72 Å². The number of rotatable bonds is 5. The number of hydrogen-bond acceptors (Lipinski definition) is 3. The van der Waals surface area contributed by atoms with Crippen molar-refractivity contribution in [2.45, 2.75) is 44.4 Å². The predicted octanol–water partition coefficient (Wildman–Crippen LogP) is 2.54. The molecule has 3 nitrogen and oxygen atoms in total. The lowest BCUT2D eigenvalue weighted by atomic mass is 9.90. The molecule has 0 amide bonds. The normalized spacial score (nSPS) is 16.9. The summed E-state index contributed by atoms with van der Waals surface area (Å²) in [5, 5.41) is 0. The van der Waals surface area contributed by atoms with Gasteiger partial charge in [0, 0.05) is 17.8 Å². The van der Waals surface area contributed by atoms with E-state index in [1.807, 2.05) is 58.0 Å². The summed E-state index contributed by atoms with van der Waals surface area (Å²) < 4.78 is 14.9. The first-order valence-electron chi connectivity index (χ1n) is 5.98. The largest absolute Gasteiger partial charge is 0.598 e. The third-order valence-electron chi connectivity index (χ3n) is 2.78. The summed E-state index contributed by atoms with van der Waals surface area (Å²) in [5.41, 5.74) is 0.371. The molecule has 4 heteroatoms. The van der Waals surface area contributed by atoms with Crippen molar-refractivity contribution in [3.8, 4) is 0 Å². The van der Waals surface area contributed by atoms with Gasteiger partial charge < -0.3 is 9.35 Å². The monoisotopic (exact) mass is 267 g/mol. The Bertz CT molecular complexity index is 389. The van der Waals surface area contributed by atoms with Gasteiger partial charge in [0.15, 0.2) is 0 Å². The SMILES string of the molecule is CC(CC=O)(N[S@+]([O-])C(C)(C)C)c1ccccc1. The topological polar surface area (TPSA) is 52.2 Å². The molecule has 1 aromatic carbocycles. The maximum atomic E-state index is 12.2. The maximum absolute atomic E-state index is 12.2. The maximum Gasteiger partial charge on any atom is 0.136 e. The van der Waals surface area contributed by atoms with Crippen LogP contribution in [0.4, 0.5) is 0 Å². The number of aldehydes is 1. The molecule has 0 spiro atoms. The summed E-state index contributed by atoms with van der Waals surface area (Å²) in [7, 11) is 0. The van der Waals surface area contributed by atoms with E-state index in [0.29, 0.717) is 6.42 Å². The van der Waals surface area contributed by atoms with Crippen molar-refractivity contribution in [3.63, 3.8) is 0 Å². The highest BCUT2D eigenvalue weighted by Gasteiger charge is 2.36. The predicted molar refractivity (Wildman–Crippen MR) is 75.5 cm³/mol. The second kappa shape index (κ2) is 5.87. The molecule has 2 atom stereocenters. The Morgan fingerprint density at radius 2 is 1.78 bits per heavy atom. The highest BCUT2D eigenvalue weighted by molar-refractivity contribution is 7.90. The summed E-state index contributed by atoms with van der Waals surface area (Å²) >= 11 is -1.22. The van der Waals surface area contributed by atoms with E-state index >= 15 is 0 Å². The van der Waals surface area contributed by atoms with Crippen LogP contribution in [0.5, 0.6) is 0 Å². The van der Waals surface area contributed by atoms with E-state index in [2.05, 4.69) is 4.72 Å². The van der Waals surface area contributed by atoms with Crippen LogP contribution >= 0.6 is 0 Å². The third kappa shape index (κ3) is 3.83. The first kappa shape index (κ1) is 15.2. The fourth-order valence-electron chi connectivity index (χ4n) is 1.55. The van der Waals surface area contributed by atoms with E-state index in [1.165, 1.54) is 0 Å². The summed E-state index contributed by atoms with van der Waals surface area (Å²) in [6.45, 7) is 7.62. The first-order chi connectivity index (χ1) is 8.29. The molecule has 0 fully saturated rings. The van der Waals surface area contributed by atoms with Gasteiger partial charge in [-0.3, -0.25) is 0 Å². The van der Waals surface area contributed by atoms with E-state index in [9.17, 15) is 9.35 Å². The Balaban J connectivity index is 2.98. The average molecular weight is 267 g/mol. The van der Waals surface area contributed by atoms with Crippen LogP contribution in [0.2, 0.25) is 0 Å². The van der Waals surface area contributed by atoms with E-state index in [1.54, 1.807) is 0 Å². The van der Waals surface area contributed by atoms with Gasteiger partial charge in [-0.25, -0.2) is 0 Å². The molecule has 1 aromatic rings. The van der Waals surface area contributed by atoms with E-state index in [4.69, 9.17) is 0 Å². The lowest BCUT2D eigenvalue weighted by Crippen LogP contribution is -2.50. The second-order valence-electron chi connectivity index (χ2n) is 5.55. The summed E-state index contributed by atoms with van der Waals surface area (Å²) in [6.07, 6.45) is 1.15. The van der Waals surface area contributed by atoms with E-state index in [-0.39, 0.29) is 4.75 Å². The highest BCUT2D eigenvalue weighted by atomic mass is 32.2. The van der Waals surface area contributed by atoms with Gasteiger partial charge in [0.1, 0.15) is 11.0 Å². The zero-order valence-electron chi connectivity index (χ0n) is 11.4. The Kier molecular flexibility index (Phi) is 4.96. The van der Waals surface area contributed by atoms with Crippen molar-refractivity contribution in [1.29, 1.82) is 0 Å². The van der Waals surface area contributed by atoms with Gasteiger partial charge in [-0.05, 0) is 33.3 Å². The number of hydrogen-bond donors (Lipinski definition) is 1. The standard InChI is InChI=1S/C14H21NO2S/c1-13(2,3)18(17)15-14(4,10-11-16)12-8-6-5-7-9-12/h5-9,11,15H,10H2,1-4H3/t14?,18-/m1/s1. The van der Waals surface area contributed by atoms with Gasteiger partial charge >= 0.3 is 0 Å². The molecule has 0 aliphatic rings. The van der Waals surface area contributed by atoms with Crippen LogP contribution in [0.1, 0.15) is 39.7 Å². The lowest BCUT2D eigenvalue weighted by Gasteiger charge is -2.34. The molecular weight excluding hydrogens is 246 g/mol. The Morgan fingerprint density at radius 1 is 1.22 bits per heavy atom. The number of nitrogens with one attached hydrogen (secondary N) is 1. The van der Waals surface area contributed by atoms with Crippen LogP contribution in [-0.2, 0) is 21.7 Å². The molecule has 1 unspecified atom stereocenters. The smallest absolute Gasteiger partial charge is 0.136 e. The van der Waals surface area contributed by atoms with Crippen molar-refractivity contribution < 1.29 is 9.35 Å². The first-order valence-corrected chi connectivity index (χ1v) is 7.13.